The van der Waals surface area contributed by atoms with Crippen molar-refractivity contribution in [3.05, 3.63) is 69.9 Å². The van der Waals surface area contributed by atoms with Crippen LogP contribution in [0.15, 0.2) is 58.1 Å². The number of halogens is 2. The third-order valence-electron chi connectivity index (χ3n) is 2.77. The van der Waals surface area contributed by atoms with E-state index in [1.54, 1.807) is 0 Å². The van der Waals surface area contributed by atoms with Crippen LogP contribution < -0.4 is 10.7 Å². The van der Waals surface area contributed by atoms with E-state index in [9.17, 15) is 14.0 Å². The summed E-state index contributed by atoms with van der Waals surface area (Å²) < 4.78 is 13.7. The Labute approximate surface area is 140 Å². The minimum absolute atomic E-state index is 0.230. The number of amides is 2. The molecule has 0 saturated carbocycles. The fourth-order valence-corrected chi connectivity index (χ4v) is 2.09. The zero-order valence-corrected chi connectivity index (χ0v) is 13.5. The van der Waals surface area contributed by atoms with Gasteiger partial charge < -0.3 is 5.32 Å². The van der Waals surface area contributed by atoms with Gasteiger partial charge in [0.2, 0.25) is 0 Å². The van der Waals surface area contributed by atoms with E-state index < -0.39 is 17.6 Å². The predicted octanol–water partition coefficient (Wildman–Crippen LogP) is 2.47. The van der Waals surface area contributed by atoms with Crippen LogP contribution in [0.5, 0.6) is 0 Å². The summed E-state index contributed by atoms with van der Waals surface area (Å²) in [6, 6.07) is 12.4. The summed E-state index contributed by atoms with van der Waals surface area (Å²) in [7, 11) is 0. The lowest BCUT2D eigenvalue weighted by atomic mass is 10.2. The molecule has 0 atom stereocenters. The second kappa shape index (κ2) is 8.19. The van der Waals surface area contributed by atoms with E-state index in [0.29, 0.717) is 0 Å². The Kier molecular flexibility index (Phi) is 5.99. The second-order valence-corrected chi connectivity index (χ2v) is 5.45. The lowest BCUT2D eigenvalue weighted by molar-refractivity contribution is -0.120. The lowest BCUT2D eigenvalue weighted by Gasteiger charge is -2.04. The van der Waals surface area contributed by atoms with Crippen LogP contribution in [0.25, 0.3) is 0 Å². The van der Waals surface area contributed by atoms with Crippen molar-refractivity contribution in [2.24, 2.45) is 5.10 Å². The van der Waals surface area contributed by atoms with Gasteiger partial charge in [-0.25, -0.2) is 9.82 Å². The molecule has 118 valence electrons. The van der Waals surface area contributed by atoms with Crippen molar-refractivity contribution in [1.29, 1.82) is 0 Å². The van der Waals surface area contributed by atoms with E-state index in [4.69, 9.17) is 0 Å². The number of nitrogens with one attached hydrogen (secondary N) is 2. The quantitative estimate of drug-likeness (QED) is 0.620. The summed E-state index contributed by atoms with van der Waals surface area (Å²) >= 11 is 3.33. The number of benzene rings is 2. The van der Waals surface area contributed by atoms with Crippen molar-refractivity contribution in [3.63, 3.8) is 0 Å². The van der Waals surface area contributed by atoms with Gasteiger partial charge in [0.05, 0.1) is 12.8 Å². The standard InChI is InChI=1S/C16H13BrFN3O2/c17-13-3-1-2-11(8-13)9-20-21-15(22)10-19-16(23)12-4-6-14(18)7-5-12/h1-9H,10H2,(H,19,23)(H,21,22)/b20-9+. The molecule has 23 heavy (non-hydrogen) atoms. The van der Waals surface area contributed by atoms with Gasteiger partial charge in [0.15, 0.2) is 0 Å². The van der Waals surface area contributed by atoms with Gasteiger partial charge in [-0.15, -0.1) is 0 Å². The van der Waals surface area contributed by atoms with Crippen molar-refractivity contribution in [3.8, 4) is 0 Å². The number of carbonyl (C=O) groups is 2. The monoisotopic (exact) mass is 377 g/mol. The molecular formula is C16H13BrFN3O2. The van der Waals surface area contributed by atoms with E-state index in [2.05, 4.69) is 31.8 Å². The minimum Gasteiger partial charge on any atom is -0.343 e. The Balaban J connectivity index is 1.78. The number of hydrazone groups is 1. The molecule has 0 aliphatic heterocycles. The maximum absolute atomic E-state index is 12.8. The first-order chi connectivity index (χ1) is 11.0. The third kappa shape index (κ3) is 5.63. The molecule has 2 aromatic carbocycles. The summed E-state index contributed by atoms with van der Waals surface area (Å²) in [6.45, 7) is -0.230. The maximum atomic E-state index is 12.8. The number of carbonyl (C=O) groups excluding carboxylic acids is 2. The summed E-state index contributed by atoms with van der Waals surface area (Å²) in [5.41, 5.74) is 3.40. The lowest BCUT2D eigenvalue weighted by Crippen LogP contribution is -2.34. The Morgan fingerprint density at radius 1 is 1.17 bits per heavy atom. The number of hydrogen-bond acceptors (Lipinski definition) is 3. The molecule has 5 nitrogen and oxygen atoms in total. The van der Waals surface area contributed by atoms with Gasteiger partial charge >= 0.3 is 0 Å². The molecule has 7 heteroatoms. The summed E-state index contributed by atoms with van der Waals surface area (Å²) in [5, 5.41) is 6.22. The molecular weight excluding hydrogens is 365 g/mol. The zero-order chi connectivity index (χ0) is 16.7. The first kappa shape index (κ1) is 16.8. The first-order valence-electron chi connectivity index (χ1n) is 6.66. The molecule has 0 radical (unpaired) electrons. The van der Waals surface area contributed by atoms with Gasteiger partial charge in [0.25, 0.3) is 11.8 Å². The average Bonchev–Trinajstić information content (AvgIpc) is 2.53. The normalized spacial score (nSPS) is 10.5. The molecule has 0 saturated heterocycles. The molecule has 0 heterocycles. The van der Waals surface area contributed by atoms with Gasteiger partial charge in [-0.2, -0.15) is 5.10 Å². The summed E-state index contributed by atoms with van der Waals surface area (Å²) in [6.07, 6.45) is 1.49. The first-order valence-corrected chi connectivity index (χ1v) is 7.45. The Hall–Kier alpha value is -2.54. The Morgan fingerprint density at radius 3 is 2.61 bits per heavy atom. The highest BCUT2D eigenvalue weighted by atomic mass is 79.9. The van der Waals surface area contributed by atoms with Crippen LogP contribution in [0, 0.1) is 5.82 Å². The van der Waals surface area contributed by atoms with Gasteiger partial charge in [-0.1, -0.05) is 28.1 Å². The molecule has 0 fully saturated rings. The molecule has 2 rings (SSSR count). The fourth-order valence-electron chi connectivity index (χ4n) is 1.67. The zero-order valence-electron chi connectivity index (χ0n) is 11.9. The van der Waals surface area contributed by atoms with E-state index in [1.165, 1.54) is 30.5 Å². The fraction of sp³-hybridized carbons (Fsp3) is 0.0625. The van der Waals surface area contributed by atoms with Crippen LogP contribution in [0.2, 0.25) is 0 Å². The highest BCUT2D eigenvalue weighted by Gasteiger charge is 2.07. The van der Waals surface area contributed by atoms with Gasteiger partial charge in [-0.05, 0) is 42.0 Å². The third-order valence-corrected chi connectivity index (χ3v) is 3.26. The highest BCUT2D eigenvalue weighted by Crippen LogP contribution is 2.09. The molecule has 0 spiro atoms. The van der Waals surface area contributed by atoms with Crippen LogP contribution in [-0.4, -0.2) is 24.6 Å². The smallest absolute Gasteiger partial charge is 0.259 e. The van der Waals surface area contributed by atoms with Crippen LogP contribution in [0.4, 0.5) is 4.39 Å². The molecule has 0 aliphatic rings. The minimum atomic E-state index is -0.466. The van der Waals surface area contributed by atoms with Crippen molar-refractivity contribution >= 4 is 34.0 Å². The topological polar surface area (TPSA) is 70.6 Å². The average molecular weight is 378 g/mol. The van der Waals surface area contributed by atoms with Gasteiger partial charge in [0.1, 0.15) is 5.82 Å². The van der Waals surface area contributed by atoms with E-state index in [-0.39, 0.29) is 12.1 Å². The van der Waals surface area contributed by atoms with Crippen LogP contribution >= 0.6 is 15.9 Å². The summed E-state index contributed by atoms with van der Waals surface area (Å²) in [4.78, 5) is 23.3. The van der Waals surface area contributed by atoms with Crippen molar-refractivity contribution in [1.82, 2.24) is 10.7 Å². The van der Waals surface area contributed by atoms with Crippen LogP contribution in [0.1, 0.15) is 15.9 Å². The maximum Gasteiger partial charge on any atom is 0.259 e. The Bertz CT molecular complexity index is 732. The van der Waals surface area contributed by atoms with E-state index >= 15 is 0 Å². The van der Waals surface area contributed by atoms with Gasteiger partial charge in [-0.3, -0.25) is 9.59 Å². The van der Waals surface area contributed by atoms with E-state index in [1.807, 2.05) is 24.3 Å². The number of hydrogen-bond donors (Lipinski definition) is 2. The molecule has 0 aromatic heterocycles. The van der Waals surface area contributed by atoms with Crippen molar-refractivity contribution in [2.75, 3.05) is 6.54 Å². The van der Waals surface area contributed by atoms with E-state index in [0.717, 1.165) is 10.0 Å². The highest BCUT2D eigenvalue weighted by molar-refractivity contribution is 9.10. The molecule has 2 N–H and O–H groups in total. The molecule has 0 unspecified atom stereocenters. The molecule has 2 amide bonds. The van der Waals surface area contributed by atoms with Crippen LogP contribution in [-0.2, 0) is 4.79 Å². The second-order valence-electron chi connectivity index (χ2n) is 4.54. The number of nitrogens with zero attached hydrogens (tertiary/aromatic N) is 1. The number of rotatable bonds is 5. The summed E-state index contributed by atoms with van der Waals surface area (Å²) in [5.74, 6) is -1.36. The van der Waals surface area contributed by atoms with Gasteiger partial charge in [0, 0.05) is 10.0 Å². The molecule has 0 bridgehead atoms. The SMILES string of the molecule is O=C(CNC(=O)c1ccc(F)cc1)N/N=C/c1cccc(Br)c1. The Morgan fingerprint density at radius 2 is 1.91 bits per heavy atom. The van der Waals surface area contributed by atoms with Crippen molar-refractivity contribution in [2.45, 2.75) is 0 Å². The van der Waals surface area contributed by atoms with Crippen LogP contribution in [0.3, 0.4) is 0 Å². The predicted molar refractivity (Wildman–Crippen MR) is 88.6 cm³/mol. The largest absolute Gasteiger partial charge is 0.343 e. The molecule has 0 aliphatic carbocycles. The van der Waals surface area contributed by atoms with Crippen molar-refractivity contribution < 1.29 is 14.0 Å². The molecule has 2 aromatic rings.